The van der Waals surface area contributed by atoms with Crippen LogP contribution in [0.5, 0.6) is 0 Å². The predicted octanol–water partition coefficient (Wildman–Crippen LogP) is 3.73. The fraction of sp³-hybridized carbons (Fsp3) is 0.286. The summed E-state index contributed by atoms with van der Waals surface area (Å²) in [6.07, 6.45) is 0.619. The summed E-state index contributed by atoms with van der Waals surface area (Å²) < 4.78 is 37.1. The minimum absolute atomic E-state index is 0.101. The van der Waals surface area contributed by atoms with E-state index in [1.165, 1.54) is 0 Å². The molecule has 0 aromatic carbocycles. The largest absolute Gasteiger partial charge is 0.413 e. The van der Waals surface area contributed by atoms with Crippen LogP contribution in [0.2, 0.25) is 0 Å². The Hall–Kier alpha value is -2.49. The molecule has 0 bridgehead atoms. The number of anilines is 1. The van der Waals surface area contributed by atoms with Crippen molar-refractivity contribution in [2.24, 2.45) is 0 Å². The summed E-state index contributed by atoms with van der Waals surface area (Å²) >= 11 is 1.59. The van der Waals surface area contributed by atoms with Gasteiger partial charge < -0.3 is 13.2 Å². The van der Waals surface area contributed by atoms with Gasteiger partial charge in [0.15, 0.2) is 11.5 Å². The van der Waals surface area contributed by atoms with Crippen LogP contribution in [0, 0.1) is 0 Å². The molecular weight excluding hydrogens is 340 g/mol. The molecule has 24 heavy (non-hydrogen) atoms. The van der Waals surface area contributed by atoms with Gasteiger partial charge in [-0.1, -0.05) is 12.1 Å². The number of alkyl halides is 2. The van der Waals surface area contributed by atoms with Crippen LogP contribution in [0.25, 0.3) is 11.6 Å². The Morgan fingerprint density at radius 3 is 2.88 bits per heavy atom. The zero-order valence-electron chi connectivity index (χ0n) is 12.6. The first-order valence-corrected chi connectivity index (χ1v) is 7.99. The predicted molar refractivity (Wildman–Crippen MR) is 83.3 cm³/mol. The van der Waals surface area contributed by atoms with Crippen molar-refractivity contribution in [2.75, 3.05) is 10.1 Å². The van der Waals surface area contributed by atoms with Crippen molar-refractivity contribution in [1.29, 1.82) is 0 Å². The molecule has 0 aliphatic carbocycles. The molecule has 0 saturated carbocycles. The van der Waals surface area contributed by atoms with Gasteiger partial charge in [0.2, 0.25) is 0 Å². The van der Waals surface area contributed by atoms with Gasteiger partial charge in [-0.25, -0.2) is 0 Å². The van der Waals surface area contributed by atoms with Gasteiger partial charge >= 0.3 is 6.43 Å². The quantitative estimate of drug-likeness (QED) is 0.594. The van der Waals surface area contributed by atoms with E-state index in [2.05, 4.69) is 20.3 Å². The maximum atomic E-state index is 12.5. The lowest BCUT2D eigenvalue weighted by molar-refractivity contribution is 0.116. The molecule has 10 heteroatoms. The molecule has 0 aliphatic heterocycles. The average Bonchev–Trinajstić information content (AvgIpc) is 3.24. The fourth-order valence-electron chi connectivity index (χ4n) is 1.92. The number of rotatable bonds is 7. The first kappa shape index (κ1) is 16.4. The minimum atomic E-state index is -2.82. The lowest BCUT2D eigenvalue weighted by Gasteiger charge is -2.20. The number of hydrogen-bond donors (Lipinski definition) is 0. The van der Waals surface area contributed by atoms with Crippen molar-refractivity contribution < 1.29 is 17.7 Å². The second-order valence-corrected chi connectivity index (χ2v) is 5.87. The Balaban J connectivity index is 1.76. The van der Waals surface area contributed by atoms with E-state index in [0.717, 1.165) is 11.4 Å². The summed E-state index contributed by atoms with van der Waals surface area (Å²) in [5.74, 6) is 0.549. The van der Waals surface area contributed by atoms with E-state index < -0.39 is 12.3 Å². The van der Waals surface area contributed by atoms with Crippen LogP contribution in [-0.4, -0.2) is 26.1 Å². The summed E-state index contributed by atoms with van der Waals surface area (Å²) in [6.45, 7) is 2.46. The molecule has 126 valence electrons. The van der Waals surface area contributed by atoms with Crippen molar-refractivity contribution in [3.8, 4) is 11.6 Å². The highest BCUT2D eigenvalue weighted by Crippen LogP contribution is 2.27. The third-order valence-corrected chi connectivity index (χ3v) is 3.83. The Bertz CT molecular complexity index is 780. The van der Waals surface area contributed by atoms with Crippen LogP contribution in [0.15, 0.2) is 39.5 Å². The SMILES string of the molecule is CCSN(Cc1cc(-c2nnc(C(F)F)o2)no1)c1cccnc1. The van der Waals surface area contributed by atoms with E-state index in [1.807, 2.05) is 23.4 Å². The third kappa shape index (κ3) is 3.70. The molecule has 0 radical (unpaired) electrons. The Kier molecular flexibility index (Phi) is 5.04. The van der Waals surface area contributed by atoms with E-state index in [4.69, 9.17) is 8.94 Å². The Morgan fingerprint density at radius 2 is 2.21 bits per heavy atom. The molecule has 0 saturated heterocycles. The maximum Gasteiger partial charge on any atom is 0.314 e. The second kappa shape index (κ2) is 7.39. The van der Waals surface area contributed by atoms with Gasteiger partial charge in [-0.05, 0) is 24.1 Å². The molecular formula is C14H13F2N5O2S. The Labute approximate surface area is 140 Å². The normalized spacial score (nSPS) is 11.2. The van der Waals surface area contributed by atoms with Gasteiger partial charge in [0, 0.05) is 18.0 Å². The van der Waals surface area contributed by atoms with Gasteiger partial charge in [0.25, 0.3) is 11.8 Å². The van der Waals surface area contributed by atoms with E-state index in [1.54, 1.807) is 30.4 Å². The number of hydrogen-bond acceptors (Lipinski definition) is 8. The Morgan fingerprint density at radius 1 is 1.33 bits per heavy atom. The van der Waals surface area contributed by atoms with Crippen molar-refractivity contribution >= 4 is 17.6 Å². The lowest BCUT2D eigenvalue weighted by Crippen LogP contribution is -2.13. The molecule has 3 aromatic rings. The summed E-state index contributed by atoms with van der Waals surface area (Å²) in [6, 6.07) is 5.36. The van der Waals surface area contributed by atoms with E-state index in [9.17, 15) is 8.78 Å². The fourth-order valence-corrected chi connectivity index (χ4v) is 2.71. The molecule has 0 spiro atoms. The van der Waals surface area contributed by atoms with Crippen molar-refractivity contribution in [2.45, 2.75) is 19.9 Å². The van der Waals surface area contributed by atoms with Crippen molar-refractivity contribution in [3.63, 3.8) is 0 Å². The lowest BCUT2D eigenvalue weighted by atomic mass is 10.3. The molecule has 3 rings (SSSR count). The van der Waals surface area contributed by atoms with Crippen LogP contribution >= 0.6 is 11.9 Å². The van der Waals surface area contributed by atoms with Crippen molar-refractivity contribution in [3.05, 3.63) is 42.2 Å². The number of pyridine rings is 1. The molecule has 0 atom stereocenters. The molecule has 0 unspecified atom stereocenters. The number of halogens is 2. The van der Waals surface area contributed by atoms with Crippen LogP contribution in [0.3, 0.4) is 0 Å². The average molecular weight is 353 g/mol. The maximum absolute atomic E-state index is 12.5. The molecule has 0 amide bonds. The van der Waals surface area contributed by atoms with E-state index >= 15 is 0 Å². The summed E-state index contributed by atoms with van der Waals surface area (Å²) in [5, 5.41) is 10.6. The topological polar surface area (TPSA) is 81.1 Å². The van der Waals surface area contributed by atoms with Crippen LogP contribution in [0.1, 0.15) is 25.0 Å². The first-order valence-electron chi connectivity index (χ1n) is 7.05. The van der Waals surface area contributed by atoms with Gasteiger partial charge in [-0.2, -0.15) is 8.78 Å². The van der Waals surface area contributed by atoms with Gasteiger partial charge in [0.1, 0.15) is 0 Å². The third-order valence-electron chi connectivity index (χ3n) is 2.92. The highest BCUT2D eigenvalue weighted by molar-refractivity contribution is 8.00. The monoisotopic (exact) mass is 353 g/mol. The molecule has 3 heterocycles. The first-order chi connectivity index (χ1) is 11.7. The summed E-state index contributed by atoms with van der Waals surface area (Å²) in [7, 11) is 0. The summed E-state index contributed by atoms with van der Waals surface area (Å²) in [5.41, 5.74) is 1.14. The van der Waals surface area contributed by atoms with Crippen LogP contribution in [0.4, 0.5) is 14.5 Å². The van der Waals surface area contributed by atoms with Gasteiger partial charge in [-0.3, -0.25) is 4.98 Å². The molecule has 3 aromatic heterocycles. The number of aromatic nitrogens is 4. The molecule has 0 aliphatic rings. The van der Waals surface area contributed by atoms with Crippen LogP contribution < -0.4 is 4.31 Å². The highest BCUT2D eigenvalue weighted by Gasteiger charge is 2.20. The van der Waals surface area contributed by atoms with Gasteiger partial charge in [0.05, 0.1) is 18.4 Å². The highest BCUT2D eigenvalue weighted by atomic mass is 32.2. The zero-order chi connectivity index (χ0) is 16.9. The minimum Gasteiger partial charge on any atom is -0.413 e. The van der Waals surface area contributed by atoms with Gasteiger partial charge in [-0.15, -0.1) is 10.2 Å². The van der Waals surface area contributed by atoms with E-state index in [0.29, 0.717) is 12.3 Å². The standard InChI is InChI=1S/C14H13F2N5O2S/c1-2-24-21(9-4-3-5-17-7-9)8-10-6-11(20-23-10)13-18-19-14(22-13)12(15)16/h3-7,12H,2,8H2,1H3. The molecule has 7 nitrogen and oxygen atoms in total. The van der Waals surface area contributed by atoms with Crippen LogP contribution in [-0.2, 0) is 6.54 Å². The molecule has 0 N–H and O–H groups in total. The molecule has 0 fully saturated rings. The van der Waals surface area contributed by atoms with Crippen molar-refractivity contribution in [1.82, 2.24) is 20.3 Å². The smallest absolute Gasteiger partial charge is 0.314 e. The summed E-state index contributed by atoms with van der Waals surface area (Å²) in [4.78, 5) is 4.10. The number of nitrogens with zero attached hydrogens (tertiary/aromatic N) is 5. The second-order valence-electron chi connectivity index (χ2n) is 4.59. The zero-order valence-corrected chi connectivity index (χ0v) is 13.4. The van der Waals surface area contributed by atoms with E-state index in [-0.39, 0.29) is 11.6 Å².